The van der Waals surface area contributed by atoms with Crippen LogP contribution in [0, 0.1) is 0 Å². The fraction of sp³-hybridized carbons (Fsp3) is 0.438. The number of rotatable bonds is 6. The Morgan fingerprint density at radius 3 is 2.80 bits per heavy atom. The van der Waals surface area contributed by atoms with Crippen molar-refractivity contribution >= 4 is 15.9 Å². The summed E-state index contributed by atoms with van der Waals surface area (Å²) in [6.45, 7) is 1.34. The lowest BCUT2D eigenvalue weighted by Crippen LogP contribution is -2.37. The fourth-order valence-electron chi connectivity index (χ4n) is 3.00. The third-order valence-electron chi connectivity index (χ3n) is 4.21. The summed E-state index contributed by atoms with van der Waals surface area (Å²) in [7, 11) is -3.23. The van der Waals surface area contributed by atoms with Crippen LogP contribution >= 0.6 is 0 Å². The minimum Gasteiger partial charge on any atom is -0.347 e. The van der Waals surface area contributed by atoms with Crippen molar-refractivity contribution in [2.24, 2.45) is 0 Å². The van der Waals surface area contributed by atoms with E-state index in [0.717, 1.165) is 18.4 Å². The van der Waals surface area contributed by atoms with Gasteiger partial charge in [-0.25, -0.2) is 8.42 Å². The molecule has 3 rings (SSSR count). The first-order chi connectivity index (χ1) is 11.9. The minimum absolute atomic E-state index is 0.142. The number of nitrogens with zero attached hydrogens (tertiary/aromatic N) is 4. The summed E-state index contributed by atoms with van der Waals surface area (Å²) in [5.41, 5.74) is 1.22. The molecule has 8 nitrogen and oxygen atoms in total. The number of hydrogen-bond donors (Lipinski definition) is 1. The summed E-state index contributed by atoms with van der Waals surface area (Å²) in [4.78, 5) is 12.2. The summed E-state index contributed by atoms with van der Waals surface area (Å²) in [5, 5.41) is 10.6. The van der Waals surface area contributed by atoms with E-state index in [4.69, 9.17) is 0 Å². The Balaban J connectivity index is 1.59. The monoisotopic (exact) mass is 363 g/mol. The first-order valence-corrected chi connectivity index (χ1v) is 9.97. The Morgan fingerprint density at radius 1 is 1.32 bits per heavy atom. The molecule has 9 heteroatoms. The van der Waals surface area contributed by atoms with Crippen molar-refractivity contribution in [2.75, 3.05) is 12.8 Å². The van der Waals surface area contributed by atoms with E-state index in [-0.39, 0.29) is 17.6 Å². The van der Waals surface area contributed by atoms with Gasteiger partial charge in [0.25, 0.3) is 5.91 Å². The molecule has 1 atom stereocenters. The van der Waals surface area contributed by atoms with Gasteiger partial charge in [0.2, 0.25) is 10.0 Å². The second-order valence-corrected chi connectivity index (χ2v) is 8.10. The topological polar surface area (TPSA) is 97.2 Å². The van der Waals surface area contributed by atoms with Gasteiger partial charge in [-0.1, -0.05) is 35.5 Å². The highest BCUT2D eigenvalue weighted by Crippen LogP contribution is 2.21. The van der Waals surface area contributed by atoms with Crippen LogP contribution in [0.25, 0.3) is 0 Å². The second-order valence-electron chi connectivity index (χ2n) is 6.16. The van der Waals surface area contributed by atoms with Gasteiger partial charge in [-0.05, 0) is 18.4 Å². The minimum atomic E-state index is -3.23. The van der Waals surface area contributed by atoms with Crippen LogP contribution in [0.4, 0.5) is 0 Å². The van der Waals surface area contributed by atoms with Gasteiger partial charge >= 0.3 is 0 Å². The number of carbonyl (C=O) groups is 1. The molecule has 1 aromatic carbocycles. The molecule has 25 heavy (non-hydrogen) atoms. The van der Waals surface area contributed by atoms with Gasteiger partial charge in [0.05, 0.1) is 19.0 Å². The lowest BCUT2D eigenvalue weighted by molar-refractivity contribution is 0.0945. The number of hydrogen-bond acceptors (Lipinski definition) is 5. The highest BCUT2D eigenvalue weighted by Gasteiger charge is 2.31. The summed E-state index contributed by atoms with van der Waals surface area (Å²) < 4.78 is 26.6. The zero-order valence-corrected chi connectivity index (χ0v) is 14.8. The molecule has 1 N–H and O–H groups in total. The van der Waals surface area contributed by atoms with Crippen molar-refractivity contribution < 1.29 is 13.2 Å². The van der Waals surface area contributed by atoms with E-state index in [1.807, 2.05) is 30.3 Å². The molecule has 0 spiro atoms. The predicted octanol–water partition coefficient (Wildman–Crippen LogP) is 0.632. The zero-order chi connectivity index (χ0) is 17.9. The molecule has 134 valence electrons. The van der Waals surface area contributed by atoms with Crippen molar-refractivity contribution in [1.29, 1.82) is 0 Å². The largest absolute Gasteiger partial charge is 0.347 e. The fourth-order valence-corrected chi connectivity index (χ4v) is 4.18. The summed E-state index contributed by atoms with van der Waals surface area (Å²) in [6.07, 6.45) is 4.38. The highest BCUT2D eigenvalue weighted by atomic mass is 32.2. The van der Waals surface area contributed by atoms with Crippen LogP contribution in [0.1, 0.15) is 28.9 Å². The van der Waals surface area contributed by atoms with Crippen molar-refractivity contribution in [1.82, 2.24) is 24.6 Å². The molecule has 2 heterocycles. The smallest absolute Gasteiger partial charge is 0.273 e. The van der Waals surface area contributed by atoms with Crippen molar-refractivity contribution in [2.45, 2.75) is 32.0 Å². The van der Waals surface area contributed by atoms with Crippen molar-refractivity contribution in [3.8, 4) is 0 Å². The lowest BCUT2D eigenvalue weighted by Gasteiger charge is -2.21. The molecule has 1 amide bonds. The lowest BCUT2D eigenvalue weighted by atomic mass is 10.2. The predicted molar refractivity (Wildman–Crippen MR) is 92.2 cm³/mol. The summed E-state index contributed by atoms with van der Waals surface area (Å²) in [6, 6.07) is 9.45. The Morgan fingerprint density at radius 2 is 2.08 bits per heavy atom. The molecule has 1 aromatic heterocycles. The number of amides is 1. The molecular formula is C16H21N5O3S. The number of carbonyl (C=O) groups excluding carboxylic acids is 1. The maximum Gasteiger partial charge on any atom is 0.273 e. The van der Waals surface area contributed by atoms with E-state index < -0.39 is 10.0 Å². The number of aromatic nitrogens is 3. The van der Waals surface area contributed by atoms with Crippen LogP contribution in [0.2, 0.25) is 0 Å². The van der Waals surface area contributed by atoms with Crippen LogP contribution in [0.5, 0.6) is 0 Å². The third kappa shape index (κ3) is 4.43. The standard InChI is InChI=1S/C16H21N5O3S/c1-25(23,24)21-9-5-8-14(21)11-20-12-15(18-19-20)16(22)17-10-13-6-3-2-4-7-13/h2-4,6-7,12,14H,5,8-11H2,1H3,(H,17,22). The van der Waals surface area contributed by atoms with Gasteiger partial charge in [0, 0.05) is 19.1 Å². The average Bonchev–Trinajstić information content (AvgIpc) is 3.23. The van der Waals surface area contributed by atoms with E-state index in [1.54, 1.807) is 6.20 Å². The third-order valence-corrected chi connectivity index (χ3v) is 5.55. The summed E-state index contributed by atoms with van der Waals surface area (Å²) >= 11 is 0. The van der Waals surface area contributed by atoms with E-state index in [9.17, 15) is 13.2 Å². The Hall–Kier alpha value is -2.26. The second kappa shape index (κ2) is 7.32. The Bertz CT molecular complexity index is 834. The Labute approximate surface area is 146 Å². The maximum atomic E-state index is 12.2. The molecule has 1 unspecified atom stereocenters. The molecule has 1 aliphatic rings. The van der Waals surface area contributed by atoms with Gasteiger partial charge in [0.15, 0.2) is 5.69 Å². The van der Waals surface area contributed by atoms with Crippen LogP contribution in [0.3, 0.4) is 0 Å². The van der Waals surface area contributed by atoms with Gasteiger partial charge in [0.1, 0.15) is 0 Å². The Kier molecular flexibility index (Phi) is 5.14. The zero-order valence-electron chi connectivity index (χ0n) is 14.0. The molecule has 1 saturated heterocycles. The molecule has 0 saturated carbocycles. The van der Waals surface area contributed by atoms with Gasteiger partial charge in [-0.3, -0.25) is 9.48 Å². The van der Waals surface area contributed by atoms with Gasteiger partial charge in [-0.2, -0.15) is 4.31 Å². The van der Waals surface area contributed by atoms with Crippen molar-refractivity contribution in [3.63, 3.8) is 0 Å². The molecule has 0 aliphatic carbocycles. The first-order valence-electron chi connectivity index (χ1n) is 8.12. The quantitative estimate of drug-likeness (QED) is 0.812. The number of sulfonamides is 1. The van der Waals surface area contributed by atoms with Crippen LogP contribution in [-0.4, -0.2) is 52.5 Å². The number of benzene rings is 1. The van der Waals surface area contributed by atoms with Crippen molar-refractivity contribution in [3.05, 3.63) is 47.8 Å². The molecule has 1 aliphatic heterocycles. The maximum absolute atomic E-state index is 12.2. The molecule has 0 bridgehead atoms. The van der Waals surface area contributed by atoms with Crippen LogP contribution in [0.15, 0.2) is 36.5 Å². The molecule has 0 radical (unpaired) electrons. The molecular weight excluding hydrogens is 342 g/mol. The van der Waals surface area contributed by atoms with E-state index >= 15 is 0 Å². The molecule has 2 aromatic rings. The number of nitrogens with one attached hydrogen (secondary N) is 1. The normalized spacial score (nSPS) is 18.4. The SMILES string of the molecule is CS(=O)(=O)N1CCCC1Cn1cc(C(=O)NCc2ccccc2)nn1. The van der Waals surface area contributed by atoms with Gasteiger partial charge < -0.3 is 5.32 Å². The van der Waals surface area contributed by atoms with Crippen LogP contribution in [-0.2, 0) is 23.1 Å². The van der Waals surface area contributed by atoms with E-state index in [1.165, 1.54) is 15.2 Å². The summed E-state index contributed by atoms with van der Waals surface area (Å²) in [5.74, 6) is -0.304. The average molecular weight is 363 g/mol. The van der Waals surface area contributed by atoms with E-state index in [0.29, 0.717) is 19.6 Å². The van der Waals surface area contributed by atoms with E-state index in [2.05, 4.69) is 15.6 Å². The highest BCUT2D eigenvalue weighted by molar-refractivity contribution is 7.88. The molecule has 1 fully saturated rings. The van der Waals surface area contributed by atoms with Crippen LogP contribution < -0.4 is 5.32 Å². The first kappa shape index (κ1) is 17.6. The van der Waals surface area contributed by atoms with Gasteiger partial charge in [-0.15, -0.1) is 5.10 Å².